The highest BCUT2D eigenvalue weighted by molar-refractivity contribution is 6.12. The van der Waals surface area contributed by atoms with Gasteiger partial charge in [-0.15, -0.1) is 0 Å². The molecule has 164 valence electrons. The van der Waals surface area contributed by atoms with E-state index in [1.807, 2.05) is 0 Å². The van der Waals surface area contributed by atoms with E-state index in [4.69, 9.17) is 0 Å². The first-order chi connectivity index (χ1) is 15.4. The van der Waals surface area contributed by atoms with Crippen molar-refractivity contribution >= 4 is 27.8 Å². The predicted molar refractivity (Wildman–Crippen MR) is 135 cm³/mol. The molecule has 0 fully saturated rings. The van der Waals surface area contributed by atoms with Crippen LogP contribution in [0.1, 0.15) is 82.0 Å². The molecule has 2 nitrogen and oxygen atoms in total. The second-order valence-corrected chi connectivity index (χ2v) is 10.3. The van der Waals surface area contributed by atoms with Gasteiger partial charge in [-0.2, -0.15) is 0 Å². The minimum atomic E-state index is -0.0852. The lowest BCUT2D eigenvalue weighted by Crippen LogP contribution is -2.33. The molecule has 2 aliphatic rings. The summed E-state index contributed by atoms with van der Waals surface area (Å²) in [5, 5.41) is 6.22. The van der Waals surface area contributed by atoms with Crippen molar-refractivity contribution in [2.45, 2.75) is 65.3 Å². The van der Waals surface area contributed by atoms with Crippen LogP contribution >= 0.6 is 0 Å². The molecule has 0 bridgehead atoms. The molecule has 1 aliphatic carbocycles. The monoisotopic (exact) mass is 423 g/mol. The third-order valence-electron chi connectivity index (χ3n) is 7.47. The van der Waals surface area contributed by atoms with Crippen LogP contribution in [0.3, 0.4) is 0 Å². The van der Waals surface area contributed by atoms with Gasteiger partial charge in [0.1, 0.15) is 0 Å². The molecular formula is C30H33NO. The highest BCUT2D eigenvalue weighted by atomic mass is 16.1. The molecule has 32 heavy (non-hydrogen) atoms. The van der Waals surface area contributed by atoms with E-state index in [1.165, 1.54) is 33.0 Å². The molecule has 0 saturated heterocycles. The molecular weight excluding hydrogens is 390 g/mol. The van der Waals surface area contributed by atoms with Crippen LogP contribution in [0.4, 0.5) is 5.69 Å². The quantitative estimate of drug-likeness (QED) is 0.460. The van der Waals surface area contributed by atoms with Gasteiger partial charge < -0.3 is 5.32 Å². The molecule has 0 radical (unpaired) electrons. The summed E-state index contributed by atoms with van der Waals surface area (Å²) in [5.41, 5.74) is 7.14. The lowest BCUT2D eigenvalue weighted by molar-refractivity contribution is -0.118. The number of carbonyl (C=O) groups is 1. The number of fused-ring (bicyclic) bond motifs is 4. The van der Waals surface area contributed by atoms with Gasteiger partial charge in [0.25, 0.3) is 0 Å². The summed E-state index contributed by atoms with van der Waals surface area (Å²) >= 11 is 0. The van der Waals surface area contributed by atoms with Gasteiger partial charge in [-0.05, 0) is 64.1 Å². The van der Waals surface area contributed by atoms with E-state index in [9.17, 15) is 4.79 Å². The molecule has 1 N–H and O–H groups in total. The number of ketones is 1. The Labute approximate surface area is 191 Å². The SMILES string of the molecule is CCC(CC)c1ccc(C2Nc3ccc4ccccc4c3C3=C2C(=O)CC(C)(C)C3)cc1. The zero-order valence-corrected chi connectivity index (χ0v) is 19.7. The molecule has 5 rings (SSSR count). The maximum atomic E-state index is 13.5. The van der Waals surface area contributed by atoms with E-state index in [0.717, 1.165) is 30.5 Å². The standard InChI is InChI=1S/C30H33NO/c1-5-19(6-2)20-11-13-22(14-12-20)29-28-24(17-30(3,4)18-26(28)32)27-23-10-8-7-9-21(23)15-16-25(27)31-29/h7-16,19,29,31H,5-6,17-18H2,1-4H3. The number of carbonyl (C=O) groups excluding carboxylic acids is 1. The summed E-state index contributed by atoms with van der Waals surface area (Å²) in [6.45, 7) is 8.96. The van der Waals surface area contributed by atoms with Crippen LogP contribution in [-0.2, 0) is 4.79 Å². The van der Waals surface area contributed by atoms with E-state index in [2.05, 4.69) is 93.7 Å². The minimum Gasteiger partial charge on any atom is -0.373 e. The Kier molecular flexibility index (Phi) is 5.20. The molecule has 1 heterocycles. The summed E-state index contributed by atoms with van der Waals surface area (Å²) < 4.78 is 0. The fourth-order valence-electron chi connectivity index (χ4n) is 5.81. The van der Waals surface area contributed by atoms with E-state index in [1.54, 1.807) is 0 Å². The van der Waals surface area contributed by atoms with E-state index in [-0.39, 0.29) is 17.2 Å². The van der Waals surface area contributed by atoms with Crippen LogP contribution in [0.15, 0.2) is 66.2 Å². The van der Waals surface area contributed by atoms with Crippen LogP contribution in [0, 0.1) is 5.41 Å². The highest BCUT2D eigenvalue weighted by Gasteiger charge is 2.40. The molecule has 3 aromatic carbocycles. The van der Waals surface area contributed by atoms with Gasteiger partial charge in [0.2, 0.25) is 0 Å². The fraction of sp³-hybridized carbons (Fsp3) is 0.367. The number of hydrogen-bond donors (Lipinski definition) is 1. The lowest BCUT2D eigenvalue weighted by Gasteiger charge is -2.40. The van der Waals surface area contributed by atoms with Gasteiger partial charge >= 0.3 is 0 Å². The Balaban J connectivity index is 1.67. The van der Waals surface area contributed by atoms with Gasteiger partial charge in [0.15, 0.2) is 5.78 Å². The van der Waals surface area contributed by atoms with Crippen molar-refractivity contribution in [2.75, 3.05) is 5.32 Å². The highest BCUT2D eigenvalue weighted by Crippen LogP contribution is 2.52. The zero-order chi connectivity index (χ0) is 22.5. The zero-order valence-electron chi connectivity index (χ0n) is 19.7. The number of benzene rings is 3. The molecule has 1 aliphatic heterocycles. The number of rotatable bonds is 4. The number of Topliss-reactive ketones (excluding diaryl/α,β-unsaturated/α-hetero) is 1. The Morgan fingerprint density at radius 3 is 2.38 bits per heavy atom. The lowest BCUT2D eigenvalue weighted by atomic mass is 9.68. The summed E-state index contributed by atoms with van der Waals surface area (Å²) in [7, 11) is 0. The second-order valence-electron chi connectivity index (χ2n) is 10.3. The molecule has 0 aromatic heterocycles. The number of anilines is 1. The normalized spacial score (nSPS) is 19.7. The fourth-order valence-corrected chi connectivity index (χ4v) is 5.81. The van der Waals surface area contributed by atoms with Gasteiger partial charge in [-0.1, -0.05) is 82.3 Å². The first-order valence-corrected chi connectivity index (χ1v) is 12.1. The first-order valence-electron chi connectivity index (χ1n) is 12.1. The van der Waals surface area contributed by atoms with Crippen molar-refractivity contribution in [3.63, 3.8) is 0 Å². The number of nitrogens with one attached hydrogen (secondary N) is 1. The topological polar surface area (TPSA) is 29.1 Å². The van der Waals surface area contributed by atoms with Crippen molar-refractivity contribution < 1.29 is 4.79 Å². The number of hydrogen-bond acceptors (Lipinski definition) is 2. The van der Waals surface area contributed by atoms with Crippen molar-refractivity contribution in [1.29, 1.82) is 0 Å². The maximum Gasteiger partial charge on any atom is 0.162 e. The summed E-state index contributed by atoms with van der Waals surface area (Å²) in [4.78, 5) is 13.5. The molecule has 1 unspecified atom stereocenters. The van der Waals surface area contributed by atoms with E-state index >= 15 is 0 Å². The van der Waals surface area contributed by atoms with Crippen molar-refractivity contribution in [2.24, 2.45) is 5.41 Å². The smallest absolute Gasteiger partial charge is 0.162 e. The van der Waals surface area contributed by atoms with Crippen LogP contribution in [0.25, 0.3) is 16.3 Å². The minimum absolute atomic E-state index is 0.0225. The Hall–Kier alpha value is -2.87. The van der Waals surface area contributed by atoms with Crippen molar-refractivity contribution in [1.82, 2.24) is 0 Å². The molecule has 2 heteroatoms. The average Bonchev–Trinajstić information content (AvgIpc) is 2.78. The van der Waals surface area contributed by atoms with E-state index in [0.29, 0.717) is 12.3 Å². The van der Waals surface area contributed by atoms with Gasteiger partial charge in [0.05, 0.1) is 6.04 Å². The van der Waals surface area contributed by atoms with Crippen LogP contribution in [0.2, 0.25) is 0 Å². The predicted octanol–water partition coefficient (Wildman–Crippen LogP) is 8.05. The number of allylic oxidation sites excluding steroid dienone is 1. The van der Waals surface area contributed by atoms with Crippen LogP contribution in [0.5, 0.6) is 0 Å². The second kappa shape index (κ2) is 7.92. The third-order valence-corrected chi connectivity index (χ3v) is 7.47. The summed E-state index contributed by atoms with van der Waals surface area (Å²) in [6.07, 6.45) is 3.84. The Morgan fingerprint density at radius 1 is 0.938 bits per heavy atom. The Morgan fingerprint density at radius 2 is 1.66 bits per heavy atom. The summed E-state index contributed by atoms with van der Waals surface area (Å²) in [6, 6.07) is 21.8. The van der Waals surface area contributed by atoms with Gasteiger partial charge in [-0.3, -0.25) is 4.79 Å². The van der Waals surface area contributed by atoms with E-state index < -0.39 is 0 Å². The van der Waals surface area contributed by atoms with Crippen LogP contribution < -0.4 is 5.32 Å². The Bertz CT molecular complexity index is 1210. The van der Waals surface area contributed by atoms with Gasteiger partial charge in [0, 0.05) is 23.2 Å². The van der Waals surface area contributed by atoms with Crippen molar-refractivity contribution in [3.8, 4) is 0 Å². The van der Waals surface area contributed by atoms with Crippen molar-refractivity contribution in [3.05, 3.63) is 82.9 Å². The first kappa shape index (κ1) is 21.0. The third kappa shape index (κ3) is 3.46. The summed E-state index contributed by atoms with van der Waals surface area (Å²) in [5.74, 6) is 0.888. The molecule has 0 saturated carbocycles. The molecule has 0 spiro atoms. The van der Waals surface area contributed by atoms with Gasteiger partial charge in [-0.25, -0.2) is 0 Å². The molecule has 0 amide bonds. The average molecular weight is 424 g/mol. The molecule has 1 atom stereocenters. The molecule has 3 aromatic rings. The largest absolute Gasteiger partial charge is 0.373 e. The maximum absolute atomic E-state index is 13.5. The van der Waals surface area contributed by atoms with Crippen LogP contribution in [-0.4, -0.2) is 5.78 Å².